The molecule has 0 saturated carbocycles. The molecule has 3 aliphatic heterocycles. The quantitative estimate of drug-likeness (QED) is 0.324. The van der Waals surface area contributed by atoms with E-state index in [-0.39, 0.29) is 34.7 Å². The summed E-state index contributed by atoms with van der Waals surface area (Å²) in [5.74, 6) is -1.93. The zero-order chi connectivity index (χ0) is 16.7. The van der Waals surface area contributed by atoms with E-state index in [9.17, 15) is 19.5 Å². The standard InChI is InChI=1S/C14H15N3O6/c1-4-8(18)7-6(10(20)9(4)19)12(23-13(15)21)14(22-2)11-5(16-11)3-17(7)14/h5,11-12,16,18H,3H2,1-2H3,(H2,15,21)/t5-,11-,12+,14-/m0/s1. The van der Waals surface area contributed by atoms with Gasteiger partial charge in [0.1, 0.15) is 5.76 Å². The van der Waals surface area contributed by atoms with Crippen molar-refractivity contribution in [2.24, 2.45) is 5.73 Å². The number of hydrogen-bond donors (Lipinski definition) is 3. The van der Waals surface area contributed by atoms with E-state index in [0.29, 0.717) is 6.54 Å². The number of carbonyl (C=O) groups excluding carboxylic acids is 3. The molecule has 4 atom stereocenters. The number of primary amides is 1. The summed E-state index contributed by atoms with van der Waals surface area (Å²) in [4.78, 5) is 37.6. The van der Waals surface area contributed by atoms with E-state index in [4.69, 9.17) is 15.2 Å². The number of allylic oxidation sites excluding steroid dienone is 1. The van der Waals surface area contributed by atoms with Gasteiger partial charge in [-0.1, -0.05) is 0 Å². The Morgan fingerprint density at radius 2 is 2.13 bits per heavy atom. The second-order valence-electron chi connectivity index (χ2n) is 6.03. The number of nitrogens with one attached hydrogen (secondary N) is 1. The molecule has 3 heterocycles. The van der Waals surface area contributed by atoms with Gasteiger partial charge in [0, 0.05) is 25.3 Å². The van der Waals surface area contributed by atoms with Gasteiger partial charge in [-0.05, 0) is 6.92 Å². The van der Waals surface area contributed by atoms with Crippen molar-refractivity contribution < 1.29 is 29.0 Å². The van der Waals surface area contributed by atoms with E-state index in [2.05, 4.69) is 5.32 Å². The number of nitrogens with zero attached hydrogens (tertiary/aromatic N) is 1. The van der Waals surface area contributed by atoms with Crippen LogP contribution in [0.1, 0.15) is 6.92 Å². The molecule has 4 aliphatic rings. The number of methoxy groups -OCH3 is 1. The van der Waals surface area contributed by atoms with Crippen LogP contribution in [0.4, 0.5) is 4.79 Å². The van der Waals surface area contributed by atoms with Gasteiger partial charge in [0.25, 0.3) is 0 Å². The fraction of sp³-hybridized carbons (Fsp3) is 0.500. The van der Waals surface area contributed by atoms with Crippen LogP contribution in [0.25, 0.3) is 0 Å². The molecule has 0 aromatic heterocycles. The molecule has 0 bridgehead atoms. The Morgan fingerprint density at radius 1 is 1.43 bits per heavy atom. The zero-order valence-electron chi connectivity index (χ0n) is 12.5. The van der Waals surface area contributed by atoms with Crippen molar-refractivity contribution in [3.05, 3.63) is 22.6 Å². The Bertz CT molecular complexity index is 741. The van der Waals surface area contributed by atoms with Crippen LogP contribution in [0.5, 0.6) is 0 Å². The summed E-state index contributed by atoms with van der Waals surface area (Å²) in [5, 5.41) is 13.6. The van der Waals surface area contributed by atoms with Crippen LogP contribution in [0.3, 0.4) is 0 Å². The number of amides is 1. The predicted octanol–water partition coefficient (Wildman–Crippen LogP) is -1.30. The molecular weight excluding hydrogens is 306 g/mol. The number of ether oxygens (including phenoxy) is 2. The molecule has 0 spiro atoms. The van der Waals surface area contributed by atoms with Crippen LogP contribution in [-0.2, 0) is 19.1 Å². The number of fused-ring (bicyclic) bond motifs is 4. The van der Waals surface area contributed by atoms with Gasteiger partial charge in [0.15, 0.2) is 11.8 Å². The molecule has 0 unspecified atom stereocenters. The van der Waals surface area contributed by atoms with E-state index in [1.54, 1.807) is 4.90 Å². The van der Waals surface area contributed by atoms with Crippen LogP contribution < -0.4 is 11.1 Å². The second kappa shape index (κ2) is 4.12. The molecule has 9 nitrogen and oxygen atoms in total. The molecule has 1 amide bonds. The first kappa shape index (κ1) is 14.2. The summed E-state index contributed by atoms with van der Waals surface area (Å²) in [6, 6.07) is -0.109. The van der Waals surface area contributed by atoms with Gasteiger partial charge in [-0.2, -0.15) is 0 Å². The van der Waals surface area contributed by atoms with E-state index >= 15 is 0 Å². The Hall–Kier alpha value is -2.39. The van der Waals surface area contributed by atoms with Crippen molar-refractivity contribution >= 4 is 17.7 Å². The fourth-order valence-electron chi connectivity index (χ4n) is 3.96. The van der Waals surface area contributed by atoms with Gasteiger partial charge in [-0.25, -0.2) is 4.79 Å². The summed E-state index contributed by atoms with van der Waals surface area (Å²) in [5.41, 5.74) is 4.02. The molecule has 0 radical (unpaired) electrons. The summed E-state index contributed by atoms with van der Waals surface area (Å²) in [7, 11) is 1.42. The van der Waals surface area contributed by atoms with Crippen LogP contribution in [0, 0.1) is 0 Å². The number of piperazine rings is 1. The van der Waals surface area contributed by atoms with Crippen molar-refractivity contribution in [3.8, 4) is 0 Å². The lowest BCUT2D eigenvalue weighted by atomic mass is 9.88. The van der Waals surface area contributed by atoms with Gasteiger partial charge in [-0.15, -0.1) is 0 Å². The van der Waals surface area contributed by atoms with Gasteiger partial charge in [-0.3, -0.25) is 9.59 Å². The topological polar surface area (TPSA) is 141 Å². The Kier molecular flexibility index (Phi) is 2.55. The van der Waals surface area contributed by atoms with E-state index < -0.39 is 29.5 Å². The number of hydrogen-bond acceptors (Lipinski definition) is 8. The molecule has 122 valence electrons. The highest BCUT2D eigenvalue weighted by Crippen LogP contribution is 2.54. The normalized spacial score (nSPS) is 37.8. The second-order valence-corrected chi connectivity index (χ2v) is 6.03. The Balaban J connectivity index is 1.94. The van der Waals surface area contributed by atoms with Crippen molar-refractivity contribution in [2.75, 3.05) is 13.7 Å². The van der Waals surface area contributed by atoms with Gasteiger partial charge in [0.2, 0.25) is 11.6 Å². The minimum Gasteiger partial charge on any atom is -0.505 e. The third-order valence-corrected chi connectivity index (χ3v) is 5.03. The minimum atomic E-state index is -1.20. The summed E-state index contributed by atoms with van der Waals surface area (Å²) < 4.78 is 10.8. The molecule has 4 rings (SSSR count). The van der Waals surface area contributed by atoms with Crippen molar-refractivity contribution in [2.45, 2.75) is 30.8 Å². The average molecular weight is 321 g/mol. The number of carbonyl (C=O) groups is 3. The van der Waals surface area contributed by atoms with Gasteiger partial charge < -0.3 is 30.5 Å². The van der Waals surface area contributed by atoms with Crippen molar-refractivity contribution in [3.63, 3.8) is 0 Å². The maximum absolute atomic E-state index is 12.5. The summed E-state index contributed by atoms with van der Waals surface area (Å²) in [6.07, 6.45) is -2.27. The molecule has 1 aliphatic carbocycles. The van der Waals surface area contributed by atoms with Gasteiger partial charge in [0.05, 0.1) is 17.3 Å². The summed E-state index contributed by atoms with van der Waals surface area (Å²) in [6.45, 7) is 1.83. The molecule has 0 aromatic carbocycles. The van der Waals surface area contributed by atoms with E-state index in [0.717, 1.165) is 0 Å². The highest BCUT2D eigenvalue weighted by molar-refractivity contribution is 6.50. The number of nitrogens with two attached hydrogens (primary N) is 1. The first-order valence-corrected chi connectivity index (χ1v) is 7.13. The first-order chi connectivity index (χ1) is 10.8. The number of aliphatic hydroxyl groups is 1. The first-order valence-electron chi connectivity index (χ1n) is 7.13. The van der Waals surface area contributed by atoms with Crippen LogP contribution in [-0.4, -0.2) is 65.2 Å². The van der Waals surface area contributed by atoms with E-state index in [1.807, 2.05) is 0 Å². The lowest BCUT2D eigenvalue weighted by molar-refractivity contribution is -0.150. The van der Waals surface area contributed by atoms with Crippen molar-refractivity contribution in [1.29, 1.82) is 0 Å². The highest BCUT2D eigenvalue weighted by atomic mass is 16.6. The number of ketones is 2. The molecule has 2 saturated heterocycles. The number of Topliss-reactive ketones (excluding diaryl/α,β-unsaturated/α-hetero) is 2. The lowest BCUT2D eigenvalue weighted by Gasteiger charge is -2.39. The number of rotatable bonds is 2. The highest BCUT2D eigenvalue weighted by Gasteiger charge is 2.74. The number of aliphatic hydroxyl groups excluding tert-OH is 1. The van der Waals surface area contributed by atoms with Crippen LogP contribution in [0.15, 0.2) is 22.6 Å². The monoisotopic (exact) mass is 321 g/mol. The van der Waals surface area contributed by atoms with Crippen LogP contribution in [0.2, 0.25) is 0 Å². The maximum Gasteiger partial charge on any atom is 0.405 e. The maximum atomic E-state index is 12.5. The molecular formula is C14H15N3O6. The predicted molar refractivity (Wildman–Crippen MR) is 74.0 cm³/mol. The molecule has 23 heavy (non-hydrogen) atoms. The summed E-state index contributed by atoms with van der Waals surface area (Å²) >= 11 is 0. The SMILES string of the molecule is CO[C@@]12[C@H](OC(N)=O)C3=C(C(O)=C(C)C(=O)C3=O)N1C[C@@H]1N[C@@H]12. The average Bonchev–Trinajstić information content (AvgIpc) is 3.12. The fourth-order valence-corrected chi connectivity index (χ4v) is 3.96. The smallest absolute Gasteiger partial charge is 0.405 e. The Labute approximate surface area is 130 Å². The van der Waals surface area contributed by atoms with Crippen molar-refractivity contribution in [1.82, 2.24) is 10.2 Å². The minimum absolute atomic E-state index is 0.0352. The van der Waals surface area contributed by atoms with Crippen LogP contribution >= 0.6 is 0 Å². The lowest BCUT2D eigenvalue weighted by Crippen LogP contribution is -2.57. The Morgan fingerprint density at radius 3 is 2.74 bits per heavy atom. The molecule has 4 N–H and O–H groups in total. The largest absolute Gasteiger partial charge is 0.505 e. The zero-order valence-corrected chi connectivity index (χ0v) is 12.5. The molecule has 0 aromatic rings. The third-order valence-electron chi connectivity index (χ3n) is 5.03. The van der Waals surface area contributed by atoms with E-state index in [1.165, 1.54) is 14.0 Å². The van der Waals surface area contributed by atoms with Gasteiger partial charge >= 0.3 is 6.09 Å². The molecule has 2 fully saturated rings. The molecule has 9 heteroatoms. The third kappa shape index (κ3) is 1.46.